The lowest BCUT2D eigenvalue weighted by Gasteiger charge is -2.08. The largest absolute Gasteiger partial charge is 0.321 e. The summed E-state index contributed by atoms with van der Waals surface area (Å²) in [5.74, 6) is -1.59. The molecule has 0 atom stereocenters. The lowest BCUT2D eigenvalue weighted by molar-refractivity contribution is 0.101. The first-order valence-electron chi connectivity index (χ1n) is 9.35. The lowest BCUT2D eigenvalue weighted by atomic mass is 10.2. The standard InChI is InChI=1S/C21H16F2N6O2S/c1-11-8-18(25-20(30)13-4-3-5-14(22)9-13)32-19(11)21(31)24-15-6-7-16(23)17(10-15)29-12(2)26-27-28-29/h3-10H,1-2H3,(H,24,31)(H,25,30). The lowest BCUT2D eigenvalue weighted by Crippen LogP contribution is -2.12. The summed E-state index contributed by atoms with van der Waals surface area (Å²) in [6.45, 7) is 3.35. The van der Waals surface area contributed by atoms with E-state index >= 15 is 0 Å². The molecule has 4 aromatic rings. The monoisotopic (exact) mass is 454 g/mol. The van der Waals surface area contributed by atoms with Crippen LogP contribution in [0.4, 0.5) is 19.5 Å². The number of amides is 2. The molecular formula is C21H16F2N6O2S. The summed E-state index contributed by atoms with van der Waals surface area (Å²) in [6, 6.07) is 11.0. The van der Waals surface area contributed by atoms with Gasteiger partial charge in [0.2, 0.25) is 0 Å². The Morgan fingerprint density at radius 3 is 2.53 bits per heavy atom. The van der Waals surface area contributed by atoms with Crippen LogP contribution in [0.15, 0.2) is 48.5 Å². The van der Waals surface area contributed by atoms with E-state index in [0.29, 0.717) is 27.0 Å². The molecule has 2 N–H and O–H groups in total. The highest BCUT2D eigenvalue weighted by molar-refractivity contribution is 7.18. The van der Waals surface area contributed by atoms with Crippen molar-refractivity contribution < 1.29 is 18.4 Å². The number of carbonyl (C=O) groups excluding carboxylic acids is 2. The molecule has 0 saturated heterocycles. The van der Waals surface area contributed by atoms with Gasteiger partial charge in [-0.05, 0) is 72.3 Å². The van der Waals surface area contributed by atoms with Gasteiger partial charge in [-0.3, -0.25) is 9.59 Å². The fraction of sp³-hybridized carbons (Fsp3) is 0.0952. The van der Waals surface area contributed by atoms with Crippen molar-refractivity contribution in [2.75, 3.05) is 10.6 Å². The summed E-state index contributed by atoms with van der Waals surface area (Å²) >= 11 is 1.07. The number of nitrogens with zero attached hydrogens (tertiary/aromatic N) is 4. The van der Waals surface area contributed by atoms with Gasteiger partial charge in [0.1, 0.15) is 17.3 Å². The van der Waals surface area contributed by atoms with Crippen molar-refractivity contribution in [1.82, 2.24) is 20.2 Å². The molecule has 2 aromatic carbocycles. The van der Waals surface area contributed by atoms with Crippen molar-refractivity contribution in [2.24, 2.45) is 0 Å². The topological polar surface area (TPSA) is 102 Å². The summed E-state index contributed by atoms with van der Waals surface area (Å²) in [4.78, 5) is 25.5. The van der Waals surface area contributed by atoms with E-state index in [1.807, 2.05) is 0 Å². The highest BCUT2D eigenvalue weighted by Crippen LogP contribution is 2.28. The minimum atomic E-state index is -0.548. The van der Waals surface area contributed by atoms with Crippen LogP contribution in [0.5, 0.6) is 0 Å². The second-order valence-electron chi connectivity index (χ2n) is 6.85. The van der Waals surface area contributed by atoms with E-state index in [4.69, 9.17) is 0 Å². The zero-order valence-corrected chi connectivity index (χ0v) is 17.7. The van der Waals surface area contributed by atoms with Crippen molar-refractivity contribution in [2.45, 2.75) is 13.8 Å². The molecule has 0 aliphatic rings. The molecule has 2 amide bonds. The van der Waals surface area contributed by atoms with Gasteiger partial charge in [-0.2, -0.15) is 4.68 Å². The predicted molar refractivity (Wildman–Crippen MR) is 115 cm³/mol. The van der Waals surface area contributed by atoms with Crippen LogP contribution in [0.2, 0.25) is 0 Å². The van der Waals surface area contributed by atoms with Gasteiger partial charge < -0.3 is 10.6 Å². The first-order valence-corrected chi connectivity index (χ1v) is 10.2. The summed E-state index contributed by atoms with van der Waals surface area (Å²) in [5.41, 5.74) is 1.25. The maximum absolute atomic E-state index is 14.2. The van der Waals surface area contributed by atoms with Crippen LogP contribution in [-0.4, -0.2) is 32.0 Å². The number of tetrazole rings is 1. The summed E-state index contributed by atoms with van der Waals surface area (Å²) in [7, 11) is 0. The third kappa shape index (κ3) is 4.37. The molecule has 0 aliphatic carbocycles. The number of rotatable bonds is 5. The number of halogens is 2. The smallest absolute Gasteiger partial charge is 0.266 e. The molecule has 2 aromatic heterocycles. The first kappa shape index (κ1) is 21.2. The first-order chi connectivity index (χ1) is 15.3. The highest BCUT2D eigenvalue weighted by atomic mass is 32.1. The fourth-order valence-corrected chi connectivity index (χ4v) is 3.94. The Kier molecular flexibility index (Phi) is 5.73. The van der Waals surface area contributed by atoms with E-state index in [9.17, 15) is 18.4 Å². The van der Waals surface area contributed by atoms with Crippen LogP contribution < -0.4 is 10.6 Å². The number of aryl methyl sites for hydroxylation is 2. The highest BCUT2D eigenvalue weighted by Gasteiger charge is 2.17. The van der Waals surface area contributed by atoms with Crippen molar-refractivity contribution in [1.29, 1.82) is 0 Å². The Morgan fingerprint density at radius 1 is 1.00 bits per heavy atom. The van der Waals surface area contributed by atoms with Gasteiger partial charge in [-0.25, -0.2) is 8.78 Å². The molecule has 32 heavy (non-hydrogen) atoms. The average Bonchev–Trinajstić information content (AvgIpc) is 3.34. The number of thiophene rings is 1. The number of carbonyl (C=O) groups is 2. The molecule has 8 nitrogen and oxygen atoms in total. The fourth-order valence-electron chi connectivity index (χ4n) is 2.98. The third-order valence-corrected chi connectivity index (χ3v) is 5.66. The molecule has 0 fully saturated rings. The maximum atomic E-state index is 14.2. The van der Waals surface area contributed by atoms with Gasteiger partial charge in [0.05, 0.1) is 9.88 Å². The van der Waals surface area contributed by atoms with Crippen molar-refractivity contribution in [3.05, 3.63) is 82.0 Å². The average molecular weight is 454 g/mol. The van der Waals surface area contributed by atoms with E-state index in [0.717, 1.165) is 17.4 Å². The van der Waals surface area contributed by atoms with Crippen LogP contribution >= 0.6 is 11.3 Å². The van der Waals surface area contributed by atoms with Crippen LogP contribution in [0.3, 0.4) is 0 Å². The number of nitrogens with one attached hydrogen (secondary N) is 2. The van der Waals surface area contributed by atoms with Crippen LogP contribution in [-0.2, 0) is 0 Å². The van der Waals surface area contributed by atoms with Gasteiger partial charge in [0, 0.05) is 11.3 Å². The molecule has 11 heteroatoms. The second kappa shape index (κ2) is 8.63. The summed E-state index contributed by atoms with van der Waals surface area (Å²) in [5, 5.41) is 16.8. The van der Waals surface area contributed by atoms with Crippen molar-refractivity contribution in [3.8, 4) is 5.69 Å². The molecule has 0 unspecified atom stereocenters. The molecule has 162 valence electrons. The van der Waals surface area contributed by atoms with Crippen LogP contribution in [0.25, 0.3) is 5.69 Å². The summed E-state index contributed by atoms with van der Waals surface area (Å²) in [6.07, 6.45) is 0. The van der Waals surface area contributed by atoms with Crippen molar-refractivity contribution in [3.63, 3.8) is 0 Å². The molecule has 2 heterocycles. The third-order valence-electron chi connectivity index (χ3n) is 4.51. The summed E-state index contributed by atoms with van der Waals surface area (Å²) < 4.78 is 28.8. The number of hydrogen-bond donors (Lipinski definition) is 2. The van der Waals surface area contributed by atoms with Crippen LogP contribution in [0, 0.1) is 25.5 Å². The number of hydrogen-bond acceptors (Lipinski definition) is 6. The van der Waals surface area contributed by atoms with E-state index in [1.54, 1.807) is 19.9 Å². The zero-order chi connectivity index (χ0) is 22.8. The van der Waals surface area contributed by atoms with E-state index in [-0.39, 0.29) is 11.3 Å². The Bertz CT molecular complexity index is 1330. The van der Waals surface area contributed by atoms with E-state index < -0.39 is 23.4 Å². The Balaban J connectivity index is 1.52. The van der Waals surface area contributed by atoms with Gasteiger partial charge in [0.15, 0.2) is 5.82 Å². The van der Waals surface area contributed by atoms with Crippen LogP contribution in [0.1, 0.15) is 31.4 Å². The molecule has 0 bridgehead atoms. The molecular weight excluding hydrogens is 438 g/mol. The Labute approximate surface area is 184 Å². The maximum Gasteiger partial charge on any atom is 0.266 e. The number of benzene rings is 2. The number of anilines is 2. The van der Waals surface area contributed by atoms with E-state index in [2.05, 4.69) is 26.2 Å². The molecule has 0 radical (unpaired) electrons. The minimum Gasteiger partial charge on any atom is -0.321 e. The second-order valence-corrected chi connectivity index (χ2v) is 7.90. The van der Waals surface area contributed by atoms with Gasteiger partial charge in [-0.15, -0.1) is 16.4 Å². The predicted octanol–water partition coefficient (Wildman–Crippen LogP) is 4.12. The normalized spacial score (nSPS) is 10.8. The Morgan fingerprint density at radius 2 is 1.81 bits per heavy atom. The van der Waals surface area contributed by atoms with Gasteiger partial charge >= 0.3 is 0 Å². The molecule has 0 saturated carbocycles. The van der Waals surface area contributed by atoms with E-state index in [1.165, 1.54) is 41.1 Å². The SMILES string of the molecule is Cc1cc(NC(=O)c2cccc(F)c2)sc1C(=O)Nc1ccc(F)c(-n2nnnc2C)c1. The van der Waals surface area contributed by atoms with Crippen molar-refractivity contribution >= 4 is 33.8 Å². The molecule has 0 spiro atoms. The van der Waals surface area contributed by atoms with Gasteiger partial charge in [0.25, 0.3) is 11.8 Å². The zero-order valence-electron chi connectivity index (χ0n) is 16.9. The number of aromatic nitrogens is 4. The Hall–Kier alpha value is -3.99. The minimum absolute atomic E-state index is 0.0937. The molecule has 0 aliphatic heterocycles. The molecule has 4 rings (SSSR count). The quantitative estimate of drug-likeness (QED) is 0.472. The van der Waals surface area contributed by atoms with Gasteiger partial charge in [-0.1, -0.05) is 6.07 Å².